The Morgan fingerprint density at radius 2 is 1.97 bits per heavy atom. The lowest BCUT2D eigenvalue weighted by Crippen LogP contribution is -2.52. The molecule has 10 nitrogen and oxygen atoms in total. The van der Waals surface area contributed by atoms with Gasteiger partial charge in [-0.1, -0.05) is 0 Å². The van der Waals surface area contributed by atoms with Gasteiger partial charge in [0.05, 0.1) is 40.5 Å². The predicted molar refractivity (Wildman–Crippen MR) is 128 cm³/mol. The molecule has 1 spiro atoms. The van der Waals surface area contributed by atoms with Crippen LogP contribution in [0.25, 0.3) is 10.9 Å². The van der Waals surface area contributed by atoms with Crippen molar-refractivity contribution in [2.75, 3.05) is 26.2 Å². The average Bonchev–Trinajstić information content (AvgIpc) is 3.05. The van der Waals surface area contributed by atoms with E-state index >= 15 is 0 Å². The van der Waals surface area contributed by atoms with Crippen LogP contribution in [0.15, 0.2) is 23.2 Å². The lowest BCUT2D eigenvalue weighted by molar-refractivity contribution is -0.384. The molecule has 4 rings (SSSR count). The number of rotatable bonds is 3. The second-order valence-electron chi connectivity index (χ2n) is 10.3. The quantitative estimate of drug-likeness (QED) is 0.521. The highest BCUT2D eigenvalue weighted by Crippen LogP contribution is 2.39. The number of non-ortho nitro benzene ring substituents is 1. The fraction of sp³-hybridized carbons (Fsp3) is 0.583. The number of hydrogen-bond donors (Lipinski definition) is 1. The van der Waals surface area contributed by atoms with Gasteiger partial charge >= 0.3 is 6.09 Å². The third kappa shape index (κ3) is 4.46. The molecule has 1 saturated heterocycles. The Hall–Kier alpha value is -3.14. The molecule has 0 saturated carbocycles. The van der Waals surface area contributed by atoms with Crippen molar-refractivity contribution < 1.29 is 24.3 Å². The van der Waals surface area contributed by atoms with E-state index in [2.05, 4.69) is 0 Å². The van der Waals surface area contributed by atoms with E-state index in [0.29, 0.717) is 54.7 Å². The van der Waals surface area contributed by atoms with Crippen molar-refractivity contribution in [3.8, 4) is 5.88 Å². The third-order valence-electron chi connectivity index (χ3n) is 6.38. The number of aliphatic imine (C=N–C) groups is 1. The van der Waals surface area contributed by atoms with Gasteiger partial charge in [-0.15, -0.1) is 0 Å². The van der Waals surface area contributed by atoms with Gasteiger partial charge in [0.15, 0.2) is 0 Å². The number of fused-ring (bicyclic) bond motifs is 1. The second kappa shape index (κ2) is 8.57. The van der Waals surface area contributed by atoms with Gasteiger partial charge in [-0.3, -0.25) is 15.1 Å². The molecule has 1 N–H and O–H groups in total. The first-order chi connectivity index (χ1) is 15.9. The smallest absolute Gasteiger partial charge is 0.410 e. The van der Waals surface area contributed by atoms with Crippen LogP contribution in [0, 0.1) is 10.1 Å². The van der Waals surface area contributed by atoms with Gasteiger partial charge in [-0.2, -0.15) is 0 Å². The molecule has 0 radical (unpaired) electrons. The molecule has 1 aromatic heterocycles. The molecule has 184 valence electrons. The summed E-state index contributed by atoms with van der Waals surface area (Å²) in [6.45, 7) is 11.0. The normalized spacial score (nSPS) is 18.4. The van der Waals surface area contributed by atoms with E-state index in [0.717, 1.165) is 0 Å². The minimum atomic E-state index is -0.543. The summed E-state index contributed by atoms with van der Waals surface area (Å²) >= 11 is 0. The molecule has 0 bridgehead atoms. The van der Waals surface area contributed by atoms with Gasteiger partial charge in [0, 0.05) is 36.7 Å². The second-order valence-corrected chi connectivity index (χ2v) is 10.3. The van der Waals surface area contributed by atoms with Crippen molar-refractivity contribution in [3.63, 3.8) is 0 Å². The number of ether oxygens (including phenoxy) is 2. The van der Waals surface area contributed by atoms with Crippen LogP contribution >= 0.6 is 0 Å². The van der Waals surface area contributed by atoms with Gasteiger partial charge in [0.2, 0.25) is 5.88 Å². The molecule has 3 heterocycles. The number of nitro groups is 1. The number of carbonyl (C=O) groups is 1. The zero-order valence-electron chi connectivity index (χ0n) is 20.3. The summed E-state index contributed by atoms with van der Waals surface area (Å²) in [5.41, 5.74) is 0.703. The number of carbonyl (C=O) groups excluding carboxylic acids is 1. The molecule has 2 aliphatic rings. The van der Waals surface area contributed by atoms with E-state index in [-0.39, 0.29) is 30.3 Å². The Kier molecular flexibility index (Phi) is 6.05. The molecule has 0 unspecified atom stereocenters. The van der Waals surface area contributed by atoms with E-state index < -0.39 is 16.1 Å². The molecule has 1 amide bonds. The van der Waals surface area contributed by atoms with Crippen LogP contribution in [-0.4, -0.2) is 68.7 Å². The number of aromatic nitrogens is 1. The number of nitro benzene ring substituents is 1. The number of benzene rings is 1. The molecule has 2 aliphatic heterocycles. The van der Waals surface area contributed by atoms with Crippen LogP contribution < -0.4 is 0 Å². The maximum Gasteiger partial charge on any atom is 0.410 e. The minimum absolute atomic E-state index is 0.0311. The highest BCUT2D eigenvalue weighted by molar-refractivity contribution is 6.14. The van der Waals surface area contributed by atoms with Crippen LogP contribution in [0.3, 0.4) is 0 Å². The lowest BCUT2D eigenvalue weighted by Gasteiger charge is -2.42. The van der Waals surface area contributed by atoms with E-state index in [9.17, 15) is 20.0 Å². The molecule has 2 aromatic rings. The van der Waals surface area contributed by atoms with Crippen LogP contribution in [0.4, 0.5) is 10.5 Å². The van der Waals surface area contributed by atoms with Crippen molar-refractivity contribution >= 4 is 28.4 Å². The molecule has 34 heavy (non-hydrogen) atoms. The van der Waals surface area contributed by atoms with Crippen molar-refractivity contribution in [2.24, 2.45) is 4.99 Å². The van der Waals surface area contributed by atoms with Crippen molar-refractivity contribution in [3.05, 3.63) is 33.9 Å². The molecule has 10 heteroatoms. The number of aromatic hydroxyl groups is 1. The number of hydrogen-bond acceptors (Lipinski definition) is 7. The minimum Gasteiger partial charge on any atom is -0.494 e. The fourth-order valence-corrected chi connectivity index (χ4v) is 4.64. The van der Waals surface area contributed by atoms with Crippen LogP contribution in [-0.2, 0) is 9.47 Å². The average molecular weight is 473 g/mol. The van der Waals surface area contributed by atoms with Crippen molar-refractivity contribution in [2.45, 2.75) is 64.7 Å². The van der Waals surface area contributed by atoms with Gasteiger partial charge in [-0.25, -0.2) is 4.79 Å². The van der Waals surface area contributed by atoms with E-state index in [4.69, 9.17) is 14.5 Å². The highest BCUT2D eigenvalue weighted by Gasteiger charge is 2.40. The maximum absolute atomic E-state index is 12.4. The standard InChI is InChI=1S/C24H32N4O6/c1-15(2)27-19-7-6-16(28(31)32)12-17(19)20(21(27)29)18-13-33-24(14-25-18)8-10-26(11-9-24)22(30)34-23(3,4)5/h6-7,12,15,29H,8-11,13-14H2,1-5H3. The summed E-state index contributed by atoms with van der Waals surface area (Å²) < 4.78 is 13.5. The maximum atomic E-state index is 12.4. The summed E-state index contributed by atoms with van der Waals surface area (Å²) in [4.78, 5) is 29.8. The summed E-state index contributed by atoms with van der Waals surface area (Å²) in [7, 11) is 0. The molecule has 0 atom stereocenters. The fourth-order valence-electron chi connectivity index (χ4n) is 4.64. The van der Waals surface area contributed by atoms with Crippen LogP contribution in [0.1, 0.15) is 59.1 Å². The Labute approximate surface area is 198 Å². The first kappa shape index (κ1) is 24.0. The monoisotopic (exact) mass is 472 g/mol. The van der Waals surface area contributed by atoms with E-state index in [1.807, 2.05) is 34.6 Å². The van der Waals surface area contributed by atoms with E-state index in [1.54, 1.807) is 15.5 Å². The number of amides is 1. The number of piperidine rings is 1. The topological polar surface area (TPSA) is 119 Å². The Bertz CT molecular complexity index is 1150. The number of likely N-dealkylation sites (tertiary alicyclic amines) is 1. The lowest BCUT2D eigenvalue weighted by atomic mass is 9.90. The SMILES string of the molecule is CC(C)n1c(O)c(C2=NCC3(CCN(C(=O)OC(C)(C)C)CC3)OC2)c2cc([N+](=O)[O-])ccc21. The van der Waals surface area contributed by atoms with Crippen LogP contribution in [0.5, 0.6) is 5.88 Å². The van der Waals surface area contributed by atoms with Gasteiger partial charge in [0.1, 0.15) is 5.60 Å². The summed E-state index contributed by atoms with van der Waals surface area (Å²) in [5, 5.41) is 23.0. The molecule has 1 fully saturated rings. The van der Waals surface area contributed by atoms with E-state index in [1.165, 1.54) is 12.1 Å². The largest absolute Gasteiger partial charge is 0.494 e. The predicted octanol–water partition coefficient (Wildman–Crippen LogP) is 4.43. The summed E-state index contributed by atoms with van der Waals surface area (Å²) in [5.74, 6) is 0.0311. The summed E-state index contributed by atoms with van der Waals surface area (Å²) in [6.07, 6.45) is 0.943. The van der Waals surface area contributed by atoms with Crippen molar-refractivity contribution in [1.82, 2.24) is 9.47 Å². The highest BCUT2D eigenvalue weighted by atomic mass is 16.6. The Morgan fingerprint density at radius 3 is 2.50 bits per heavy atom. The summed E-state index contributed by atoms with van der Waals surface area (Å²) in [6, 6.07) is 4.53. The molecule has 1 aromatic carbocycles. The van der Waals surface area contributed by atoms with Crippen LogP contribution in [0.2, 0.25) is 0 Å². The Morgan fingerprint density at radius 1 is 1.29 bits per heavy atom. The van der Waals surface area contributed by atoms with Gasteiger partial charge in [-0.05, 0) is 53.5 Å². The molecular formula is C24H32N4O6. The first-order valence-electron chi connectivity index (χ1n) is 11.6. The molecular weight excluding hydrogens is 440 g/mol. The zero-order valence-corrected chi connectivity index (χ0v) is 20.3. The zero-order chi connectivity index (χ0) is 24.8. The first-order valence-corrected chi connectivity index (χ1v) is 11.6. The number of nitrogens with zero attached hydrogens (tertiary/aromatic N) is 4. The van der Waals surface area contributed by atoms with Crippen molar-refractivity contribution in [1.29, 1.82) is 0 Å². The molecule has 0 aliphatic carbocycles. The van der Waals surface area contributed by atoms with Gasteiger partial charge in [0.25, 0.3) is 5.69 Å². The third-order valence-corrected chi connectivity index (χ3v) is 6.38. The Balaban J connectivity index is 1.58. The van der Waals surface area contributed by atoms with Gasteiger partial charge < -0.3 is 24.0 Å².